The summed E-state index contributed by atoms with van der Waals surface area (Å²) in [4.78, 5) is 0. The van der Waals surface area contributed by atoms with Crippen molar-refractivity contribution in [2.75, 3.05) is 13.2 Å². The summed E-state index contributed by atoms with van der Waals surface area (Å²) in [7, 11) is 0. The topological polar surface area (TPSA) is 44.5 Å². The highest BCUT2D eigenvalue weighted by molar-refractivity contribution is 9.10. The molecule has 3 nitrogen and oxygen atoms in total. The monoisotopic (exact) mass is 349 g/mol. The number of benzene rings is 2. The van der Waals surface area contributed by atoms with Gasteiger partial charge in [0, 0.05) is 22.5 Å². The molecule has 0 amide bonds. The third-order valence-corrected chi connectivity index (χ3v) is 3.51. The van der Waals surface area contributed by atoms with Crippen LogP contribution in [-0.2, 0) is 0 Å². The van der Waals surface area contributed by atoms with Crippen LogP contribution in [0.2, 0.25) is 0 Å². The van der Waals surface area contributed by atoms with Gasteiger partial charge in [0.2, 0.25) is 0 Å². The molecular formula is C17H20BrNO2. The standard InChI is InChI=1S/C17H20BrNO2/c1-13(19)16-12-14(18)8-9-17(16)21-11-5-10-20-15-6-3-2-4-7-15/h2-4,6-9,12-13H,5,10-11,19H2,1H3/t13-/m0/s1. The Morgan fingerprint density at radius 2 is 1.76 bits per heavy atom. The molecule has 0 aliphatic heterocycles. The van der Waals surface area contributed by atoms with Gasteiger partial charge in [-0.05, 0) is 37.3 Å². The Hall–Kier alpha value is -1.52. The third kappa shape index (κ3) is 5.06. The minimum Gasteiger partial charge on any atom is -0.493 e. The second kappa shape index (κ2) is 8.05. The quantitative estimate of drug-likeness (QED) is 0.757. The molecule has 2 aromatic carbocycles. The van der Waals surface area contributed by atoms with Gasteiger partial charge in [0.05, 0.1) is 13.2 Å². The molecular weight excluding hydrogens is 330 g/mol. The molecule has 112 valence electrons. The summed E-state index contributed by atoms with van der Waals surface area (Å²) in [5.41, 5.74) is 6.97. The highest BCUT2D eigenvalue weighted by atomic mass is 79.9. The second-order valence-corrected chi connectivity index (χ2v) is 5.75. The summed E-state index contributed by atoms with van der Waals surface area (Å²) in [6, 6.07) is 15.6. The van der Waals surface area contributed by atoms with Crippen LogP contribution in [0, 0.1) is 0 Å². The van der Waals surface area contributed by atoms with Gasteiger partial charge in [-0.1, -0.05) is 34.1 Å². The molecule has 0 aliphatic rings. The molecule has 0 unspecified atom stereocenters. The molecule has 0 aromatic heterocycles. The van der Waals surface area contributed by atoms with Gasteiger partial charge < -0.3 is 15.2 Å². The number of hydrogen-bond acceptors (Lipinski definition) is 3. The van der Waals surface area contributed by atoms with Gasteiger partial charge in [0.15, 0.2) is 0 Å². The summed E-state index contributed by atoms with van der Waals surface area (Å²) in [5.74, 6) is 1.73. The summed E-state index contributed by atoms with van der Waals surface area (Å²) in [5, 5.41) is 0. The molecule has 0 radical (unpaired) electrons. The van der Waals surface area contributed by atoms with Crippen LogP contribution in [-0.4, -0.2) is 13.2 Å². The second-order valence-electron chi connectivity index (χ2n) is 4.83. The van der Waals surface area contributed by atoms with E-state index in [1.807, 2.05) is 55.5 Å². The zero-order valence-electron chi connectivity index (χ0n) is 12.1. The molecule has 0 fully saturated rings. The van der Waals surface area contributed by atoms with Gasteiger partial charge in [-0.3, -0.25) is 0 Å². The summed E-state index contributed by atoms with van der Waals surface area (Å²) in [6.07, 6.45) is 0.823. The van der Waals surface area contributed by atoms with Gasteiger partial charge in [-0.25, -0.2) is 0 Å². The minimum atomic E-state index is -0.0573. The first kappa shape index (κ1) is 15.9. The van der Waals surface area contributed by atoms with Crippen LogP contribution in [0.4, 0.5) is 0 Å². The molecule has 0 bridgehead atoms. The maximum Gasteiger partial charge on any atom is 0.124 e. The molecule has 2 aromatic rings. The Balaban J connectivity index is 1.78. The summed E-state index contributed by atoms with van der Waals surface area (Å²) >= 11 is 3.45. The molecule has 0 heterocycles. The number of para-hydroxylation sites is 1. The lowest BCUT2D eigenvalue weighted by Crippen LogP contribution is -2.10. The molecule has 0 saturated carbocycles. The zero-order chi connectivity index (χ0) is 15.1. The fourth-order valence-electron chi connectivity index (χ4n) is 1.95. The fourth-order valence-corrected chi connectivity index (χ4v) is 2.33. The van der Waals surface area contributed by atoms with Crippen molar-refractivity contribution in [3.63, 3.8) is 0 Å². The Morgan fingerprint density at radius 1 is 1.05 bits per heavy atom. The van der Waals surface area contributed by atoms with Crippen molar-refractivity contribution >= 4 is 15.9 Å². The minimum absolute atomic E-state index is 0.0573. The van der Waals surface area contributed by atoms with Crippen LogP contribution >= 0.6 is 15.9 Å². The first-order valence-corrected chi connectivity index (χ1v) is 7.82. The SMILES string of the molecule is C[C@H](N)c1cc(Br)ccc1OCCCOc1ccccc1. The number of rotatable bonds is 7. The average molecular weight is 350 g/mol. The van der Waals surface area contributed by atoms with Crippen molar-refractivity contribution in [3.8, 4) is 11.5 Å². The third-order valence-electron chi connectivity index (χ3n) is 3.02. The molecule has 0 aliphatic carbocycles. The lowest BCUT2D eigenvalue weighted by atomic mass is 10.1. The van der Waals surface area contributed by atoms with E-state index in [0.29, 0.717) is 13.2 Å². The Kier molecular flexibility index (Phi) is 6.08. The summed E-state index contributed by atoms with van der Waals surface area (Å²) < 4.78 is 12.4. The number of halogens is 1. The van der Waals surface area contributed by atoms with E-state index in [1.54, 1.807) is 0 Å². The van der Waals surface area contributed by atoms with Crippen LogP contribution in [0.1, 0.15) is 24.9 Å². The number of hydrogen-bond donors (Lipinski definition) is 1. The van der Waals surface area contributed by atoms with Crippen LogP contribution in [0.3, 0.4) is 0 Å². The molecule has 21 heavy (non-hydrogen) atoms. The van der Waals surface area contributed by atoms with E-state index in [4.69, 9.17) is 15.2 Å². The predicted molar refractivity (Wildman–Crippen MR) is 88.8 cm³/mol. The van der Waals surface area contributed by atoms with Crippen LogP contribution < -0.4 is 15.2 Å². The van der Waals surface area contributed by atoms with Crippen LogP contribution in [0.5, 0.6) is 11.5 Å². The van der Waals surface area contributed by atoms with E-state index in [-0.39, 0.29) is 6.04 Å². The lowest BCUT2D eigenvalue weighted by molar-refractivity contribution is 0.245. The van der Waals surface area contributed by atoms with Crippen LogP contribution in [0.25, 0.3) is 0 Å². The van der Waals surface area contributed by atoms with E-state index < -0.39 is 0 Å². The van der Waals surface area contributed by atoms with Gasteiger partial charge in [0.25, 0.3) is 0 Å². The molecule has 0 spiro atoms. The van der Waals surface area contributed by atoms with Crippen LogP contribution in [0.15, 0.2) is 53.0 Å². The summed E-state index contributed by atoms with van der Waals surface area (Å²) in [6.45, 7) is 3.19. The van der Waals surface area contributed by atoms with E-state index in [1.165, 1.54) is 0 Å². The Morgan fingerprint density at radius 3 is 2.48 bits per heavy atom. The van der Waals surface area contributed by atoms with Gasteiger partial charge in [-0.2, -0.15) is 0 Å². The molecule has 4 heteroatoms. The van der Waals surface area contributed by atoms with Crippen molar-refractivity contribution in [1.29, 1.82) is 0 Å². The van der Waals surface area contributed by atoms with Crippen molar-refractivity contribution < 1.29 is 9.47 Å². The first-order chi connectivity index (χ1) is 10.2. The first-order valence-electron chi connectivity index (χ1n) is 7.02. The van der Waals surface area contributed by atoms with E-state index in [0.717, 1.165) is 28.0 Å². The maximum atomic E-state index is 5.96. The highest BCUT2D eigenvalue weighted by Crippen LogP contribution is 2.27. The van der Waals surface area contributed by atoms with Crippen molar-refractivity contribution in [3.05, 3.63) is 58.6 Å². The van der Waals surface area contributed by atoms with Gasteiger partial charge in [-0.15, -0.1) is 0 Å². The van der Waals surface area contributed by atoms with E-state index in [9.17, 15) is 0 Å². The maximum absolute atomic E-state index is 5.96. The zero-order valence-corrected chi connectivity index (χ0v) is 13.7. The normalized spacial score (nSPS) is 12.0. The lowest BCUT2D eigenvalue weighted by Gasteiger charge is -2.14. The molecule has 0 saturated heterocycles. The van der Waals surface area contributed by atoms with Crippen molar-refractivity contribution in [2.24, 2.45) is 5.73 Å². The Bertz CT molecular complexity index is 558. The smallest absolute Gasteiger partial charge is 0.124 e. The highest BCUT2D eigenvalue weighted by Gasteiger charge is 2.08. The average Bonchev–Trinajstić information content (AvgIpc) is 2.49. The number of ether oxygens (including phenoxy) is 2. The number of nitrogens with two attached hydrogens (primary N) is 1. The largest absolute Gasteiger partial charge is 0.493 e. The molecule has 1 atom stereocenters. The molecule has 2 N–H and O–H groups in total. The van der Waals surface area contributed by atoms with E-state index >= 15 is 0 Å². The molecule has 2 rings (SSSR count). The predicted octanol–water partition coefficient (Wildman–Crippen LogP) is 4.32. The van der Waals surface area contributed by atoms with Gasteiger partial charge in [0.1, 0.15) is 11.5 Å². The van der Waals surface area contributed by atoms with E-state index in [2.05, 4.69) is 15.9 Å². The van der Waals surface area contributed by atoms with Crippen molar-refractivity contribution in [1.82, 2.24) is 0 Å². The fraction of sp³-hybridized carbons (Fsp3) is 0.294. The van der Waals surface area contributed by atoms with Gasteiger partial charge >= 0.3 is 0 Å². The van der Waals surface area contributed by atoms with Crippen molar-refractivity contribution in [2.45, 2.75) is 19.4 Å². The Labute approximate surface area is 134 Å².